The number of aromatic nitrogens is 1. The van der Waals surface area contributed by atoms with E-state index in [2.05, 4.69) is 4.98 Å². The van der Waals surface area contributed by atoms with Crippen LogP contribution in [-0.4, -0.2) is 51.8 Å². The fourth-order valence-electron chi connectivity index (χ4n) is 2.95. The molecular formula is C22H26N2O5. The molecule has 0 spiro atoms. The number of amides is 1. The molecule has 29 heavy (non-hydrogen) atoms. The first kappa shape index (κ1) is 20.6. The van der Waals surface area contributed by atoms with Crippen molar-refractivity contribution in [2.24, 2.45) is 0 Å². The van der Waals surface area contributed by atoms with Crippen LogP contribution in [0, 0.1) is 0 Å². The van der Waals surface area contributed by atoms with Crippen LogP contribution >= 0.6 is 0 Å². The van der Waals surface area contributed by atoms with Crippen molar-refractivity contribution in [3.05, 3.63) is 48.3 Å². The molecule has 1 aliphatic carbocycles. The Bertz CT molecular complexity index is 915. The van der Waals surface area contributed by atoms with Gasteiger partial charge in [-0.3, -0.25) is 4.98 Å². The van der Waals surface area contributed by atoms with E-state index < -0.39 is 11.6 Å². The van der Waals surface area contributed by atoms with E-state index in [9.17, 15) is 14.7 Å². The molecule has 154 valence electrons. The number of carboxylic acids is 1. The van der Waals surface area contributed by atoms with Crippen molar-refractivity contribution in [1.82, 2.24) is 9.88 Å². The van der Waals surface area contributed by atoms with Gasteiger partial charge in [0.15, 0.2) is 0 Å². The number of ether oxygens (including phenoxy) is 2. The average Bonchev–Trinajstić information content (AvgIpc) is 3.46. The first-order valence-electron chi connectivity index (χ1n) is 9.48. The lowest BCUT2D eigenvalue weighted by Crippen LogP contribution is -2.45. The molecule has 1 aromatic carbocycles. The number of aromatic carboxylic acids is 1. The Hall–Kier alpha value is -3.09. The van der Waals surface area contributed by atoms with Gasteiger partial charge in [-0.05, 0) is 57.4 Å². The second-order valence-corrected chi connectivity index (χ2v) is 8.35. The van der Waals surface area contributed by atoms with Crippen molar-refractivity contribution in [3.8, 4) is 16.9 Å². The lowest BCUT2D eigenvalue weighted by atomic mass is 10.0. The number of pyridine rings is 1. The second kappa shape index (κ2) is 7.73. The topological polar surface area (TPSA) is 89.0 Å². The molecule has 0 radical (unpaired) electrons. The zero-order valence-electron chi connectivity index (χ0n) is 17.1. The fourth-order valence-corrected chi connectivity index (χ4v) is 2.95. The van der Waals surface area contributed by atoms with Crippen molar-refractivity contribution in [3.63, 3.8) is 0 Å². The van der Waals surface area contributed by atoms with Gasteiger partial charge in [-0.2, -0.15) is 0 Å². The van der Waals surface area contributed by atoms with E-state index in [1.807, 2.05) is 32.9 Å². The van der Waals surface area contributed by atoms with Crippen LogP contribution in [0.5, 0.6) is 5.75 Å². The fraction of sp³-hybridized carbons (Fsp3) is 0.409. The molecule has 1 aliphatic rings. The van der Waals surface area contributed by atoms with Crippen LogP contribution in [0.15, 0.2) is 42.7 Å². The maximum atomic E-state index is 12.4. The Balaban J connectivity index is 1.69. The summed E-state index contributed by atoms with van der Waals surface area (Å²) in [6.45, 7) is 5.85. The van der Waals surface area contributed by atoms with Gasteiger partial charge in [0.2, 0.25) is 0 Å². The van der Waals surface area contributed by atoms with Gasteiger partial charge in [0.05, 0.1) is 17.3 Å². The van der Waals surface area contributed by atoms with Gasteiger partial charge < -0.3 is 19.5 Å². The third-order valence-corrected chi connectivity index (χ3v) is 4.87. The average molecular weight is 398 g/mol. The summed E-state index contributed by atoms with van der Waals surface area (Å²) in [7, 11) is 1.73. The predicted molar refractivity (Wildman–Crippen MR) is 108 cm³/mol. The number of benzene rings is 1. The molecule has 7 heteroatoms. The summed E-state index contributed by atoms with van der Waals surface area (Å²) < 4.78 is 11.4. The van der Waals surface area contributed by atoms with Gasteiger partial charge in [0, 0.05) is 18.8 Å². The highest BCUT2D eigenvalue weighted by Gasteiger charge is 2.50. The van der Waals surface area contributed by atoms with Crippen LogP contribution in [0.2, 0.25) is 0 Å². The highest BCUT2D eigenvalue weighted by atomic mass is 16.6. The summed E-state index contributed by atoms with van der Waals surface area (Å²) in [6.07, 6.45) is 4.59. The summed E-state index contributed by atoms with van der Waals surface area (Å²) in [6, 6.07) is 8.48. The number of hydrogen-bond donors (Lipinski definition) is 1. The molecule has 1 heterocycles. The number of likely N-dealkylation sites (N-methyl/N-ethyl adjacent to an activating group) is 1. The summed E-state index contributed by atoms with van der Waals surface area (Å²) in [5.74, 6) is -0.417. The maximum Gasteiger partial charge on any atom is 0.410 e. The molecule has 0 unspecified atom stereocenters. The molecule has 0 atom stereocenters. The van der Waals surface area contributed by atoms with Gasteiger partial charge in [-0.1, -0.05) is 12.1 Å². The van der Waals surface area contributed by atoms with Crippen LogP contribution < -0.4 is 4.74 Å². The highest BCUT2D eigenvalue weighted by Crippen LogP contribution is 2.42. The summed E-state index contributed by atoms with van der Waals surface area (Å²) in [5, 5.41) is 9.18. The van der Waals surface area contributed by atoms with Crippen LogP contribution in [0.25, 0.3) is 11.1 Å². The van der Waals surface area contributed by atoms with Gasteiger partial charge in [-0.15, -0.1) is 0 Å². The van der Waals surface area contributed by atoms with Crippen molar-refractivity contribution in [1.29, 1.82) is 0 Å². The van der Waals surface area contributed by atoms with Crippen molar-refractivity contribution in [2.45, 2.75) is 44.8 Å². The zero-order chi connectivity index (χ0) is 21.2. The molecule has 0 bridgehead atoms. The molecule has 0 saturated heterocycles. The minimum atomic E-state index is -0.979. The van der Waals surface area contributed by atoms with Crippen LogP contribution in [0.3, 0.4) is 0 Å². The highest BCUT2D eigenvalue weighted by molar-refractivity contribution is 5.89. The maximum absolute atomic E-state index is 12.4. The van der Waals surface area contributed by atoms with Crippen molar-refractivity contribution < 1.29 is 24.2 Å². The molecule has 1 aromatic heterocycles. The standard InChI is InChI=1S/C22H26N2O5/c1-21(2,3)29-20(27)24(4)22(8-9-22)14-28-18-11-17(12-23-13-18)15-6-5-7-16(10-15)19(25)26/h5-7,10-13H,8-9,14H2,1-4H3,(H,25,26). The van der Waals surface area contributed by atoms with Gasteiger partial charge in [-0.25, -0.2) is 9.59 Å². The summed E-state index contributed by atoms with van der Waals surface area (Å²) in [5.41, 5.74) is 0.794. The predicted octanol–water partition coefficient (Wildman–Crippen LogP) is 4.23. The molecule has 2 aromatic rings. The summed E-state index contributed by atoms with van der Waals surface area (Å²) in [4.78, 5) is 29.4. The van der Waals surface area contributed by atoms with Crippen molar-refractivity contribution >= 4 is 12.1 Å². The first-order chi connectivity index (χ1) is 13.6. The van der Waals surface area contributed by atoms with Crippen LogP contribution in [0.4, 0.5) is 4.79 Å². The summed E-state index contributed by atoms with van der Waals surface area (Å²) >= 11 is 0. The number of hydrogen-bond acceptors (Lipinski definition) is 5. The lowest BCUT2D eigenvalue weighted by molar-refractivity contribution is 0.0139. The quantitative estimate of drug-likeness (QED) is 0.783. The molecule has 0 aliphatic heterocycles. The normalized spacial score (nSPS) is 14.8. The third kappa shape index (κ3) is 5.04. The van der Waals surface area contributed by atoms with E-state index in [-0.39, 0.29) is 17.2 Å². The Kier molecular flexibility index (Phi) is 5.50. The van der Waals surface area contributed by atoms with Gasteiger partial charge >= 0.3 is 12.1 Å². The molecule has 1 fully saturated rings. The smallest absolute Gasteiger partial charge is 0.410 e. The van der Waals surface area contributed by atoms with E-state index >= 15 is 0 Å². The molecule has 1 amide bonds. The lowest BCUT2D eigenvalue weighted by Gasteiger charge is -2.30. The van der Waals surface area contributed by atoms with E-state index in [1.54, 1.807) is 42.5 Å². The molecule has 7 nitrogen and oxygen atoms in total. The van der Waals surface area contributed by atoms with Gasteiger partial charge in [0.25, 0.3) is 0 Å². The van der Waals surface area contributed by atoms with Gasteiger partial charge in [0.1, 0.15) is 18.0 Å². The third-order valence-electron chi connectivity index (χ3n) is 4.87. The largest absolute Gasteiger partial charge is 0.490 e. The Morgan fingerprint density at radius 2 is 1.90 bits per heavy atom. The Morgan fingerprint density at radius 1 is 1.17 bits per heavy atom. The monoisotopic (exact) mass is 398 g/mol. The number of carbonyl (C=O) groups is 2. The van der Waals surface area contributed by atoms with E-state index in [0.29, 0.717) is 12.4 Å². The molecule has 3 rings (SSSR count). The second-order valence-electron chi connectivity index (χ2n) is 8.35. The van der Waals surface area contributed by atoms with Crippen molar-refractivity contribution in [2.75, 3.05) is 13.7 Å². The number of nitrogens with zero attached hydrogens (tertiary/aromatic N) is 2. The minimum Gasteiger partial charge on any atom is -0.490 e. The SMILES string of the molecule is CN(C(=O)OC(C)(C)C)C1(COc2cncc(-c3cccc(C(=O)O)c3)c2)CC1. The minimum absolute atomic E-state index is 0.213. The number of carboxylic acid groups (broad SMARTS) is 1. The molecule has 1 N–H and O–H groups in total. The first-order valence-corrected chi connectivity index (χ1v) is 9.48. The van der Waals surface area contributed by atoms with Crippen LogP contribution in [0.1, 0.15) is 44.0 Å². The molecule has 1 saturated carbocycles. The van der Waals surface area contributed by atoms with E-state index in [0.717, 1.165) is 24.0 Å². The Morgan fingerprint density at radius 3 is 2.52 bits per heavy atom. The number of carbonyl (C=O) groups excluding carboxylic acids is 1. The molecular weight excluding hydrogens is 372 g/mol. The van der Waals surface area contributed by atoms with Crippen LogP contribution in [-0.2, 0) is 4.74 Å². The zero-order valence-corrected chi connectivity index (χ0v) is 17.1. The number of rotatable bonds is 6. The van der Waals surface area contributed by atoms with E-state index in [1.165, 1.54) is 0 Å². The van der Waals surface area contributed by atoms with E-state index in [4.69, 9.17) is 9.47 Å². The Labute approximate surface area is 170 Å².